The molecule has 0 unspecified atom stereocenters. The first-order valence-electron chi connectivity index (χ1n) is 9.08. The van der Waals surface area contributed by atoms with Gasteiger partial charge >= 0.3 is 0 Å². The molecule has 1 aliphatic heterocycles. The number of aromatic amines is 1. The summed E-state index contributed by atoms with van der Waals surface area (Å²) < 4.78 is 0. The molecule has 0 radical (unpaired) electrons. The van der Waals surface area contributed by atoms with Crippen LogP contribution in [0.25, 0.3) is 11.4 Å². The topological polar surface area (TPSA) is 61.9 Å². The quantitative estimate of drug-likeness (QED) is 0.942. The summed E-state index contributed by atoms with van der Waals surface area (Å²) in [6.07, 6.45) is 9.26. The third-order valence-corrected chi connectivity index (χ3v) is 5.48. The number of hydrogen-bond donors (Lipinski definition) is 1. The Labute approximate surface area is 142 Å². The fourth-order valence-electron chi connectivity index (χ4n) is 4.21. The van der Waals surface area contributed by atoms with Gasteiger partial charge in [-0.1, -0.05) is 19.8 Å². The second-order valence-corrected chi connectivity index (χ2v) is 6.94. The van der Waals surface area contributed by atoms with Crippen molar-refractivity contribution in [2.75, 3.05) is 11.4 Å². The molecular formula is C19H24N4O. The molecule has 1 N–H and O–H groups in total. The maximum atomic E-state index is 11.8. The summed E-state index contributed by atoms with van der Waals surface area (Å²) in [7, 11) is 0. The molecule has 24 heavy (non-hydrogen) atoms. The van der Waals surface area contributed by atoms with Gasteiger partial charge in [0.15, 0.2) is 0 Å². The second kappa shape index (κ2) is 6.38. The number of pyridine rings is 1. The van der Waals surface area contributed by atoms with E-state index in [2.05, 4.69) is 25.9 Å². The molecule has 0 bridgehead atoms. The lowest BCUT2D eigenvalue weighted by Crippen LogP contribution is -2.35. The maximum Gasteiger partial charge on any atom is 0.251 e. The number of anilines is 1. The van der Waals surface area contributed by atoms with Crippen LogP contribution in [0.1, 0.15) is 44.7 Å². The molecule has 1 saturated heterocycles. The molecule has 5 nitrogen and oxygen atoms in total. The Morgan fingerprint density at radius 1 is 1.25 bits per heavy atom. The van der Waals surface area contributed by atoms with Crippen LogP contribution < -0.4 is 10.5 Å². The minimum Gasteiger partial charge on any atom is -0.353 e. The van der Waals surface area contributed by atoms with E-state index in [4.69, 9.17) is 0 Å². The van der Waals surface area contributed by atoms with Gasteiger partial charge < -0.3 is 9.88 Å². The zero-order valence-corrected chi connectivity index (χ0v) is 14.2. The first-order chi connectivity index (χ1) is 11.7. The van der Waals surface area contributed by atoms with Crippen molar-refractivity contribution >= 4 is 5.82 Å². The van der Waals surface area contributed by atoms with Gasteiger partial charge in [0.2, 0.25) is 0 Å². The minimum atomic E-state index is -0.106. The van der Waals surface area contributed by atoms with Gasteiger partial charge in [-0.05, 0) is 43.7 Å². The van der Waals surface area contributed by atoms with Crippen LogP contribution in [0.3, 0.4) is 0 Å². The number of rotatable bonds is 3. The molecule has 2 aromatic rings. The highest BCUT2D eigenvalue weighted by Gasteiger charge is 2.36. The van der Waals surface area contributed by atoms with E-state index in [1.807, 2.05) is 19.2 Å². The molecule has 2 aromatic heterocycles. The highest BCUT2D eigenvalue weighted by Crippen LogP contribution is 2.38. The predicted molar refractivity (Wildman–Crippen MR) is 95.2 cm³/mol. The van der Waals surface area contributed by atoms with Crippen molar-refractivity contribution in [3.05, 3.63) is 40.4 Å². The zero-order valence-electron chi connectivity index (χ0n) is 14.2. The monoisotopic (exact) mass is 324 g/mol. The molecule has 2 fully saturated rings. The molecule has 2 atom stereocenters. The lowest BCUT2D eigenvalue weighted by Gasteiger charge is -2.32. The maximum absolute atomic E-state index is 11.8. The van der Waals surface area contributed by atoms with Crippen LogP contribution in [0.15, 0.2) is 29.2 Å². The number of nitrogens with one attached hydrogen (secondary N) is 1. The SMILES string of the molecule is CCc1cc(=O)[nH]c(-c2ccc(N3CC[C@H]4CCCC[C@H]43)nc2)n1. The normalized spacial score (nSPS) is 23.3. The van der Waals surface area contributed by atoms with Crippen LogP contribution in [0.4, 0.5) is 5.82 Å². The molecule has 126 valence electrons. The van der Waals surface area contributed by atoms with Gasteiger partial charge in [0.25, 0.3) is 5.56 Å². The number of hydrogen-bond acceptors (Lipinski definition) is 4. The van der Waals surface area contributed by atoms with Crippen molar-refractivity contribution in [3.8, 4) is 11.4 Å². The van der Waals surface area contributed by atoms with Crippen molar-refractivity contribution in [3.63, 3.8) is 0 Å². The average molecular weight is 324 g/mol. The molecule has 0 amide bonds. The smallest absolute Gasteiger partial charge is 0.251 e. The van der Waals surface area contributed by atoms with Crippen LogP contribution >= 0.6 is 0 Å². The molecule has 1 saturated carbocycles. The fourth-order valence-corrected chi connectivity index (χ4v) is 4.21. The summed E-state index contributed by atoms with van der Waals surface area (Å²) in [4.78, 5) is 26.2. The largest absolute Gasteiger partial charge is 0.353 e. The lowest BCUT2D eigenvalue weighted by molar-refractivity contribution is 0.341. The fraction of sp³-hybridized carbons (Fsp3) is 0.526. The first kappa shape index (κ1) is 15.4. The van der Waals surface area contributed by atoms with E-state index in [1.54, 1.807) is 6.07 Å². The van der Waals surface area contributed by atoms with Gasteiger partial charge in [-0.15, -0.1) is 0 Å². The van der Waals surface area contributed by atoms with Crippen molar-refractivity contribution in [2.45, 2.75) is 51.5 Å². The van der Waals surface area contributed by atoms with Crippen molar-refractivity contribution in [1.82, 2.24) is 15.0 Å². The molecule has 0 spiro atoms. The van der Waals surface area contributed by atoms with E-state index in [0.29, 0.717) is 11.9 Å². The van der Waals surface area contributed by atoms with Crippen molar-refractivity contribution in [2.24, 2.45) is 5.92 Å². The average Bonchev–Trinajstić information content (AvgIpc) is 3.05. The lowest BCUT2D eigenvalue weighted by atomic mass is 9.85. The summed E-state index contributed by atoms with van der Waals surface area (Å²) in [5.74, 6) is 2.51. The Morgan fingerprint density at radius 2 is 2.12 bits per heavy atom. The van der Waals surface area contributed by atoms with Gasteiger partial charge in [-0.2, -0.15) is 0 Å². The van der Waals surface area contributed by atoms with E-state index >= 15 is 0 Å². The van der Waals surface area contributed by atoms with Crippen LogP contribution in [0.5, 0.6) is 0 Å². The van der Waals surface area contributed by atoms with E-state index < -0.39 is 0 Å². The third kappa shape index (κ3) is 2.83. The first-order valence-corrected chi connectivity index (χ1v) is 9.08. The molecule has 3 heterocycles. The molecule has 2 aliphatic rings. The van der Waals surface area contributed by atoms with Gasteiger partial charge in [0, 0.05) is 36.1 Å². The standard InChI is InChI=1S/C19H24N4O/c1-2-15-11-18(24)22-19(21-15)14-7-8-17(20-12-14)23-10-9-13-5-3-4-6-16(13)23/h7-8,11-13,16H,2-6,9-10H2,1H3,(H,21,22,24)/t13-,16-/m1/s1. The highest BCUT2D eigenvalue weighted by atomic mass is 16.1. The summed E-state index contributed by atoms with van der Waals surface area (Å²) in [6.45, 7) is 3.11. The molecular weight excluding hydrogens is 300 g/mol. The van der Waals surface area contributed by atoms with Gasteiger partial charge in [-0.3, -0.25) is 4.79 Å². The van der Waals surface area contributed by atoms with Gasteiger partial charge in [0.1, 0.15) is 11.6 Å². The Bertz CT molecular complexity index is 768. The Kier molecular flexibility index (Phi) is 4.08. The summed E-state index contributed by atoms with van der Waals surface area (Å²) in [5, 5.41) is 0. The Balaban J connectivity index is 1.59. The van der Waals surface area contributed by atoms with E-state index in [9.17, 15) is 4.79 Å². The predicted octanol–water partition coefficient (Wildman–Crippen LogP) is 3.16. The zero-order chi connectivity index (χ0) is 16.5. The van der Waals surface area contributed by atoms with Crippen LogP contribution in [0.2, 0.25) is 0 Å². The second-order valence-electron chi connectivity index (χ2n) is 6.94. The number of aryl methyl sites for hydroxylation is 1. The molecule has 1 aliphatic carbocycles. The van der Waals surface area contributed by atoms with Crippen molar-refractivity contribution < 1.29 is 0 Å². The van der Waals surface area contributed by atoms with E-state index in [-0.39, 0.29) is 5.56 Å². The minimum absolute atomic E-state index is 0.106. The third-order valence-electron chi connectivity index (χ3n) is 5.48. The summed E-state index contributed by atoms with van der Waals surface area (Å²) in [6, 6.07) is 6.32. The van der Waals surface area contributed by atoms with Gasteiger partial charge in [0.05, 0.1) is 0 Å². The van der Waals surface area contributed by atoms with E-state index in [1.165, 1.54) is 32.1 Å². The van der Waals surface area contributed by atoms with Crippen LogP contribution in [-0.4, -0.2) is 27.5 Å². The molecule has 0 aromatic carbocycles. The van der Waals surface area contributed by atoms with Crippen molar-refractivity contribution in [1.29, 1.82) is 0 Å². The number of aromatic nitrogens is 3. The number of H-pyrrole nitrogens is 1. The number of nitrogens with zero attached hydrogens (tertiary/aromatic N) is 3. The molecule has 4 rings (SSSR count). The van der Waals surface area contributed by atoms with Crippen LogP contribution in [0, 0.1) is 5.92 Å². The summed E-state index contributed by atoms with van der Waals surface area (Å²) in [5.41, 5.74) is 1.57. The van der Waals surface area contributed by atoms with E-state index in [0.717, 1.165) is 36.0 Å². The highest BCUT2D eigenvalue weighted by molar-refractivity contribution is 5.56. The summed E-state index contributed by atoms with van der Waals surface area (Å²) >= 11 is 0. The number of fused-ring (bicyclic) bond motifs is 1. The molecule has 5 heteroatoms. The Morgan fingerprint density at radius 3 is 2.92 bits per heavy atom. The Hall–Kier alpha value is -2.17. The van der Waals surface area contributed by atoms with Gasteiger partial charge in [-0.25, -0.2) is 9.97 Å². The van der Waals surface area contributed by atoms with Crippen LogP contribution in [-0.2, 0) is 6.42 Å².